The molecule has 1 unspecified atom stereocenters. The van der Waals surface area contributed by atoms with Crippen molar-refractivity contribution in [1.29, 1.82) is 0 Å². The van der Waals surface area contributed by atoms with Crippen LogP contribution in [0.2, 0.25) is 0 Å². The van der Waals surface area contributed by atoms with E-state index in [9.17, 15) is 14.0 Å². The molecule has 138 valence electrons. The van der Waals surface area contributed by atoms with Crippen molar-refractivity contribution < 1.29 is 19.1 Å². The molecule has 1 saturated heterocycles. The molecule has 2 aromatic rings. The maximum atomic E-state index is 13.2. The highest BCUT2D eigenvalue weighted by atomic mass is 19.1. The fraction of sp³-hybridized carbons (Fsp3) is 0.300. The smallest absolute Gasteiger partial charge is 0.308 e. The number of carboxylic acids is 1. The van der Waals surface area contributed by atoms with Gasteiger partial charge in [0.25, 0.3) is 0 Å². The third-order valence-corrected chi connectivity index (χ3v) is 4.31. The van der Waals surface area contributed by atoms with Crippen molar-refractivity contribution in [3.05, 3.63) is 65.5 Å². The van der Waals surface area contributed by atoms with Crippen molar-refractivity contribution in [2.45, 2.75) is 19.3 Å². The summed E-state index contributed by atoms with van der Waals surface area (Å²) in [7, 11) is 1.50. The van der Waals surface area contributed by atoms with Crippen LogP contribution in [0.3, 0.4) is 0 Å². The number of hydrogen-bond donors (Lipinski definition) is 2. The Bertz CT molecular complexity index is 762. The Balaban J connectivity index is 0.00000117. The summed E-state index contributed by atoms with van der Waals surface area (Å²) in [5, 5.41) is 9.03. The van der Waals surface area contributed by atoms with E-state index in [4.69, 9.17) is 5.11 Å². The molecule has 0 aliphatic carbocycles. The second kappa shape index (κ2) is 9.10. The molecule has 26 heavy (non-hydrogen) atoms. The maximum Gasteiger partial charge on any atom is 0.308 e. The maximum absolute atomic E-state index is 13.2. The van der Waals surface area contributed by atoms with E-state index >= 15 is 0 Å². The Morgan fingerprint density at radius 2 is 1.81 bits per heavy atom. The molecule has 3 N–H and O–H groups in total. The molecule has 2 aromatic carbocycles. The van der Waals surface area contributed by atoms with E-state index in [-0.39, 0.29) is 24.7 Å². The number of amides is 1. The van der Waals surface area contributed by atoms with Gasteiger partial charge in [0.05, 0.1) is 5.92 Å². The second-order valence-electron chi connectivity index (χ2n) is 6.04. The first kappa shape index (κ1) is 19.6. The predicted octanol–water partition coefficient (Wildman–Crippen LogP) is 2.62. The normalized spacial score (nSPS) is 16.2. The fourth-order valence-electron chi connectivity index (χ4n) is 2.95. The van der Waals surface area contributed by atoms with Crippen molar-refractivity contribution in [3.8, 4) is 0 Å². The van der Waals surface area contributed by atoms with Crippen LogP contribution in [-0.2, 0) is 22.4 Å². The summed E-state index contributed by atoms with van der Waals surface area (Å²) in [5.41, 5.74) is 7.25. The number of nitrogens with zero attached hydrogens (tertiary/aromatic N) is 1. The van der Waals surface area contributed by atoms with Gasteiger partial charge in [0, 0.05) is 18.7 Å². The Kier molecular flexibility index (Phi) is 6.86. The van der Waals surface area contributed by atoms with Crippen molar-refractivity contribution >= 4 is 17.6 Å². The number of rotatable bonds is 5. The van der Waals surface area contributed by atoms with E-state index in [1.807, 2.05) is 30.3 Å². The molecule has 0 aromatic heterocycles. The molecule has 3 rings (SSSR count). The Morgan fingerprint density at radius 1 is 1.15 bits per heavy atom. The van der Waals surface area contributed by atoms with Crippen molar-refractivity contribution in [3.63, 3.8) is 0 Å². The first-order chi connectivity index (χ1) is 12.5. The van der Waals surface area contributed by atoms with Crippen molar-refractivity contribution in [1.82, 2.24) is 0 Å². The molecule has 1 fully saturated rings. The van der Waals surface area contributed by atoms with Crippen LogP contribution < -0.4 is 10.6 Å². The van der Waals surface area contributed by atoms with Gasteiger partial charge in [-0.25, -0.2) is 4.39 Å². The number of anilines is 1. The molecule has 0 saturated carbocycles. The SMILES string of the molecule is CN.O=C(O)C1CC(=O)N(c2ccc(CCc3cccc(F)c3)cc2)C1. The van der Waals surface area contributed by atoms with Gasteiger partial charge >= 0.3 is 5.97 Å². The summed E-state index contributed by atoms with van der Waals surface area (Å²) >= 11 is 0. The minimum absolute atomic E-state index is 0.0522. The lowest BCUT2D eigenvalue weighted by Crippen LogP contribution is -2.25. The van der Waals surface area contributed by atoms with Crippen LogP contribution in [0.25, 0.3) is 0 Å². The standard InChI is InChI=1S/C19H18FNO3.CH5N/c20-16-3-1-2-14(10-16)5-4-13-6-8-17(9-7-13)21-12-15(19(23)24)11-18(21)22;1-2/h1-3,6-10,15H,4-5,11-12H2,(H,23,24);2H2,1H3. The lowest BCUT2D eigenvalue weighted by Gasteiger charge is -2.16. The molecule has 1 atom stereocenters. The van der Waals surface area contributed by atoms with Gasteiger partial charge in [-0.1, -0.05) is 24.3 Å². The third kappa shape index (κ3) is 4.89. The van der Waals surface area contributed by atoms with Crippen LogP contribution in [0.1, 0.15) is 17.5 Å². The summed E-state index contributed by atoms with van der Waals surface area (Å²) in [4.78, 5) is 24.5. The molecule has 0 spiro atoms. The van der Waals surface area contributed by atoms with Crippen molar-refractivity contribution in [2.24, 2.45) is 11.7 Å². The molecular weight excluding hydrogens is 335 g/mol. The second-order valence-corrected chi connectivity index (χ2v) is 6.04. The zero-order valence-electron chi connectivity index (χ0n) is 14.7. The molecule has 6 heteroatoms. The average Bonchev–Trinajstić information content (AvgIpc) is 3.04. The van der Waals surface area contributed by atoms with Gasteiger partial charge in [-0.15, -0.1) is 0 Å². The van der Waals surface area contributed by atoms with Gasteiger partial charge in [-0.3, -0.25) is 9.59 Å². The predicted molar refractivity (Wildman–Crippen MR) is 98.5 cm³/mol. The topological polar surface area (TPSA) is 83.6 Å². The highest BCUT2D eigenvalue weighted by molar-refractivity contribution is 5.99. The summed E-state index contributed by atoms with van der Waals surface area (Å²) < 4.78 is 13.2. The van der Waals surface area contributed by atoms with Gasteiger partial charge in [0.2, 0.25) is 5.91 Å². The fourth-order valence-corrected chi connectivity index (χ4v) is 2.95. The molecule has 0 radical (unpaired) electrons. The Morgan fingerprint density at radius 3 is 2.38 bits per heavy atom. The zero-order valence-corrected chi connectivity index (χ0v) is 14.7. The monoisotopic (exact) mass is 358 g/mol. The number of halogens is 1. The summed E-state index contributed by atoms with van der Waals surface area (Å²) in [6, 6.07) is 14.1. The van der Waals surface area contributed by atoms with Crippen LogP contribution in [0, 0.1) is 11.7 Å². The van der Waals surface area contributed by atoms with Crippen LogP contribution in [0.4, 0.5) is 10.1 Å². The molecular formula is C20H23FN2O3. The van der Waals surface area contributed by atoms with Crippen LogP contribution >= 0.6 is 0 Å². The molecule has 1 heterocycles. The number of carboxylic acid groups (broad SMARTS) is 1. The van der Waals surface area contributed by atoms with Gasteiger partial charge in [0.1, 0.15) is 5.82 Å². The van der Waals surface area contributed by atoms with Crippen molar-refractivity contribution in [2.75, 3.05) is 18.5 Å². The summed E-state index contributed by atoms with van der Waals surface area (Å²) in [5.74, 6) is -1.96. The van der Waals surface area contributed by atoms with Crippen LogP contribution in [0.15, 0.2) is 48.5 Å². The molecule has 1 aliphatic heterocycles. The molecule has 0 bridgehead atoms. The minimum Gasteiger partial charge on any atom is -0.481 e. The van der Waals surface area contributed by atoms with Crippen LogP contribution in [-0.4, -0.2) is 30.6 Å². The number of aliphatic carboxylic acids is 1. The first-order valence-corrected chi connectivity index (χ1v) is 8.47. The van der Waals surface area contributed by atoms with E-state index in [1.54, 1.807) is 6.07 Å². The van der Waals surface area contributed by atoms with Gasteiger partial charge in [-0.05, 0) is 55.3 Å². The van der Waals surface area contributed by atoms with E-state index in [0.29, 0.717) is 0 Å². The molecule has 5 nitrogen and oxygen atoms in total. The number of carbonyl (C=O) groups excluding carboxylic acids is 1. The van der Waals surface area contributed by atoms with E-state index in [1.165, 1.54) is 24.1 Å². The third-order valence-electron chi connectivity index (χ3n) is 4.31. The minimum atomic E-state index is -0.933. The van der Waals surface area contributed by atoms with Crippen LogP contribution in [0.5, 0.6) is 0 Å². The number of carbonyl (C=O) groups is 2. The van der Waals surface area contributed by atoms with Gasteiger partial charge < -0.3 is 15.7 Å². The number of hydrogen-bond acceptors (Lipinski definition) is 3. The van der Waals surface area contributed by atoms with E-state index in [2.05, 4.69) is 5.73 Å². The summed E-state index contributed by atoms with van der Waals surface area (Å²) in [6.45, 7) is 0.219. The first-order valence-electron chi connectivity index (χ1n) is 8.47. The van der Waals surface area contributed by atoms with E-state index in [0.717, 1.165) is 29.7 Å². The van der Waals surface area contributed by atoms with Gasteiger partial charge in [-0.2, -0.15) is 0 Å². The Labute approximate surface area is 152 Å². The zero-order chi connectivity index (χ0) is 19.1. The number of aryl methyl sites for hydroxylation is 2. The molecule has 1 aliphatic rings. The quantitative estimate of drug-likeness (QED) is 0.861. The number of nitrogens with two attached hydrogens (primary N) is 1. The number of benzene rings is 2. The molecule has 1 amide bonds. The largest absolute Gasteiger partial charge is 0.481 e. The lowest BCUT2D eigenvalue weighted by molar-refractivity contribution is -0.141. The van der Waals surface area contributed by atoms with E-state index < -0.39 is 11.9 Å². The average molecular weight is 358 g/mol. The Hall–Kier alpha value is -2.73. The highest BCUT2D eigenvalue weighted by Gasteiger charge is 2.34. The van der Waals surface area contributed by atoms with Gasteiger partial charge in [0.15, 0.2) is 0 Å². The highest BCUT2D eigenvalue weighted by Crippen LogP contribution is 2.25. The summed E-state index contributed by atoms with van der Waals surface area (Å²) in [6.07, 6.45) is 1.56. The lowest BCUT2D eigenvalue weighted by atomic mass is 10.0.